The molecule has 1 rings (SSSR count). The Morgan fingerprint density at radius 3 is 2.94 bits per heavy atom. The number of nitrogens with zero attached hydrogens (tertiary/aromatic N) is 1. The van der Waals surface area contributed by atoms with Gasteiger partial charge in [0, 0.05) is 12.1 Å². The lowest BCUT2D eigenvalue weighted by Gasteiger charge is -2.06. The maximum atomic E-state index is 12.9. The summed E-state index contributed by atoms with van der Waals surface area (Å²) in [6, 6.07) is 6.02. The number of carbonyl (C=O) groups excluding carboxylic acids is 1. The molecule has 1 aromatic rings. The summed E-state index contributed by atoms with van der Waals surface area (Å²) in [5, 5.41) is 11.1. The first-order valence-corrected chi connectivity index (χ1v) is 5.46. The number of nitrogens with one attached hydrogen (secondary N) is 1. The van der Waals surface area contributed by atoms with Crippen molar-refractivity contribution in [2.45, 2.75) is 6.92 Å². The first-order chi connectivity index (χ1) is 7.54. The van der Waals surface area contributed by atoms with Crippen molar-refractivity contribution in [3.63, 3.8) is 0 Å². The van der Waals surface area contributed by atoms with Gasteiger partial charge in [0.05, 0.1) is 16.5 Å². The molecule has 1 N–H and O–H groups in total. The third-order valence-corrected chi connectivity index (χ3v) is 2.58. The average molecular weight is 285 g/mol. The van der Waals surface area contributed by atoms with Gasteiger partial charge in [-0.05, 0) is 41.1 Å². The zero-order valence-corrected chi connectivity index (χ0v) is 10.2. The maximum Gasteiger partial charge on any atom is 0.251 e. The van der Waals surface area contributed by atoms with E-state index in [1.54, 1.807) is 6.92 Å². The maximum absolute atomic E-state index is 12.9. The van der Waals surface area contributed by atoms with Crippen molar-refractivity contribution in [1.82, 2.24) is 5.32 Å². The lowest BCUT2D eigenvalue weighted by atomic mass is 10.2. The van der Waals surface area contributed by atoms with Crippen LogP contribution < -0.4 is 5.32 Å². The van der Waals surface area contributed by atoms with Crippen LogP contribution in [0, 0.1) is 23.1 Å². The van der Waals surface area contributed by atoms with Crippen LogP contribution in [0.2, 0.25) is 0 Å². The van der Waals surface area contributed by atoms with Gasteiger partial charge in [-0.25, -0.2) is 4.39 Å². The first-order valence-electron chi connectivity index (χ1n) is 4.67. The predicted molar refractivity (Wildman–Crippen MR) is 61.2 cm³/mol. The number of hydrogen-bond acceptors (Lipinski definition) is 2. The Hall–Kier alpha value is -1.41. The Labute approximate surface area is 101 Å². The van der Waals surface area contributed by atoms with E-state index in [1.807, 2.05) is 6.07 Å². The average Bonchev–Trinajstić information content (AvgIpc) is 2.29. The molecule has 0 saturated carbocycles. The van der Waals surface area contributed by atoms with Crippen LogP contribution in [0.15, 0.2) is 22.7 Å². The zero-order valence-electron chi connectivity index (χ0n) is 8.63. The highest BCUT2D eigenvalue weighted by Gasteiger charge is 2.09. The minimum absolute atomic E-state index is 0.243. The number of nitriles is 1. The third-order valence-electron chi connectivity index (χ3n) is 1.97. The van der Waals surface area contributed by atoms with Crippen LogP contribution in [0.25, 0.3) is 0 Å². The molecule has 0 aliphatic heterocycles. The lowest BCUT2D eigenvalue weighted by molar-refractivity contribution is 0.0950. The highest BCUT2D eigenvalue weighted by molar-refractivity contribution is 9.10. The van der Waals surface area contributed by atoms with Crippen molar-refractivity contribution in [1.29, 1.82) is 5.26 Å². The van der Waals surface area contributed by atoms with E-state index in [9.17, 15) is 9.18 Å². The van der Waals surface area contributed by atoms with Crippen LogP contribution in [0.3, 0.4) is 0 Å². The van der Waals surface area contributed by atoms with Gasteiger partial charge in [-0.1, -0.05) is 0 Å². The summed E-state index contributed by atoms with van der Waals surface area (Å²) in [7, 11) is 0. The minimum Gasteiger partial charge on any atom is -0.351 e. The number of hydrogen-bond donors (Lipinski definition) is 1. The Kier molecular flexibility index (Phi) is 4.44. The molecule has 16 heavy (non-hydrogen) atoms. The predicted octanol–water partition coefficient (Wildman–Crippen LogP) is 2.48. The number of halogens is 2. The molecule has 84 valence electrons. The van der Waals surface area contributed by atoms with Crippen molar-refractivity contribution in [2.24, 2.45) is 5.92 Å². The molecule has 0 saturated heterocycles. The van der Waals surface area contributed by atoms with Gasteiger partial charge in [-0.2, -0.15) is 5.26 Å². The van der Waals surface area contributed by atoms with E-state index in [-0.39, 0.29) is 22.8 Å². The standard InChI is InChI=1S/C11H10BrFN2O/c1-7(5-14)6-15-11(16)8-2-3-10(13)9(12)4-8/h2-4,7H,6H2,1H3,(H,15,16). The molecule has 0 heterocycles. The second kappa shape index (κ2) is 5.61. The molecule has 0 aliphatic rings. The summed E-state index contributed by atoms with van der Waals surface area (Å²) in [5.41, 5.74) is 0.360. The first kappa shape index (κ1) is 12.7. The Balaban J connectivity index is 2.67. The van der Waals surface area contributed by atoms with Gasteiger partial charge < -0.3 is 5.32 Å². The second-order valence-corrected chi connectivity index (χ2v) is 4.22. The van der Waals surface area contributed by atoms with Gasteiger partial charge in [0.1, 0.15) is 5.82 Å². The van der Waals surface area contributed by atoms with E-state index in [1.165, 1.54) is 18.2 Å². The van der Waals surface area contributed by atoms with Gasteiger partial charge >= 0.3 is 0 Å². The highest BCUT2D eigenvalue weighted by atomic mass is 79.9. The molecule has 1 unspecified atom stereocenters. The Bertz CT molecular complexity index is 442. The van der Waals surface area contributed by atoms with Crippen LogP contribution in [-0.2, 0) is 0 Å². The molecular weight excluding hydrogens is 275 g/mol. The van der Waals surface area contributed by atoms with Crippen molar-refractivity contribution in [3.05, 3.63) is 34.1 Å². The Morgan fingerprint density at radius 1 is 1.69 bits per heavy atom. The topological polar surface area (TPSA) is 52.9 Å². The van der Waals surface area contributed by atoms with Gasteiger partial charge in [-0.15, -0.1) is 0 Å². The molecule has 1 aromatic carbocycles. The van der Waals surface area contributed by atoms with E-state index >= 15 is 0 Å². The molecule has 0 aromatic heterocycles. The largest absolute Gasteiger partial charge is 0.351 e. The van der Waals surface area contributed by atoms with E-state index in [0.29, 0.717) is 5.56 Å². The van der Waals surface area contributed by atoms with Gasteiger partial charge in [0.2, 0.25) is 0 Å². The minimum atomic E-state index is -0.415. The molecule has 0 spiro atoms. The van der Waals surface area contributed by atoms with E-state index in [4.69, 9.17) is 5.26 Å². The lowest BCUT2D eigenvalue weighted by Crippen LogP contribution is -2.27. The molecule has 3 nitrogen and oxygen atoms in total. The second-order valence-electron chi connectivity index (χ2n) is 3.37. The molecular formula is C11H10BrFN2O. The molecule has 1 amide bonds. The smallest absolute Gasteiger partial charge is 0.251 e. The zero-order chi connectivity index (χ0) is 12.1. The summed E-state index contributed by atoms with van der Waals surface area (Å²) in [4.78, 5) is 11.6. The van der Waals surface area contributed by atoms with Gasteiger partial charge in [-0.3, -0.25) is 4.79 Å². The Morgan fingerprint density at radius 2 is 2.38 bits per heavy atom. The number of rotatable bonds is 3. The van der Waals surface area contributed by atoms with Crippen molar-refractivity contribution in [3.8, 4) is 6.07 Å². The monoisotopic (exact) mass is 284 g/mol. The van der Waals surface area contributed by atoms with Crippen molar-refractivity contribution >= 4 is 21.8 Å². The summed E-state index contributed by atoms with van der Waals surface area (Å²) in [6.07, 6.45) is 0. The van der Waals surface area contributed by atoms with Crippen LogP contribution in [0.1, 0.15) is 17.3 Å². The van der Waals surface area contributed by atoms with Crippen molar-refractivity contribution in [2.75, 3.05) is 6.54 Å². The van der Waals surface area contributed by atoms with Crippen molar-refractivity contribution < 1.29 is 9.18 Å². The molecule has 0 bridgehead atoms. The fraction of sp³-hybridized carbons (Fsp3) is 0.273. The van der Waals surface area contributed by atoms with Crippen LogP contribution >= 0.6 is 15.9 Å². The van der Waals surface area contributed by atoms with Gasteiger partial charge in [0.25, 0.3) is 5.91 Å². The highest BCUT2D eigenvalue weighted by Crippen LogP contribution is 2.16. The quantitative estimate of drug-likeness (QED) is 0.927. The van der Waals surface area contributed by atoms with E-state index in [2.05, 4.69) is 21.2 Å². The summed E-state index contributed by atoms with van der Waals surface area (Å²) < 4.78 is 13.2. The normalized spacial score (nSPS) is 11.6. The number of carbonyl (C=O) groups is 1. The fourth-order valence-corrected chi connectivity index (χ4v) is 1.41. The van der Waals surface area contributed by atoms with Gasteiger partial charge in [0.15, 0.2) is 0 Å². The van der Waals surface area contributed by atoms with Crippen LogP contribution in [0.4, 0.5) is 4.39 Å². The molecule has 0 fully saturated rings. The number of benzene rings is 1. The van der Waals surface area contributed by atoms with Crippen LogP contribution in [-0.4, -0.2) is 12.5 Å². The van der Waals surface area contributed by atoms with E-state index in [0.717, 1.165) is 0 Å². The summed E-state index contributed by atoms with van der Waals surface area (Å²) in [5.74, 6) is -0.974. The van der Waals surface area contributed by atoms with Crippen LogP contribution in [0.5, 0.6) is 0 Å². The third kappa shape index (κ3) is 3.31. The fourth-order valence-electron chi connectivity index (χ4n) is 1.03. The molecule has 5 heteroatoms. The number of amides is 1. The SMILES string of the molecule is CC(C#N)CNC(=O)c1ccc(F)c(Br)c1. The molecule has 0 radical (unpaired) electrons. The van der Waals surface area contributed by atoms with E-state index < -0.39 is 5.82 Å². The summed E-state index contributed by atoms with van der Waals surface area (Å²) >= 11 is 3.00. The molecule has 0 aliphatic carbocycles. The molecule has 1 atom stereocenters. The summed E-state index contributed by atoms with van der Waals surface area (Å²) in [6.45, 7) is 1.99.